The second kappa shape index (κ2) is 11.4. The first-order valence-corrected chi connectivity index (χ1v) is 10.4. The van der Waals surface area contributed by atoms with E-state index in [4.69, 9.17) is 14.2 Å². The van der Waals surface area contributed by atoms with Crippen molar-refractivity contribution in [2.75, 3.05) is 26.9 Å². The van der Waals surface area contributed by atoms with Crippen molar-refractivity contribution in [1.29, 1.82) is 0 Å². The molecule has 29 heavy (non-hydrogen) atoms. The van der Waals surface area contributed by atoms with Gasteiger partial charge >= 0.3 is 12.0 Å². The van der Waals surface area contributed by atoms with Crippen molar-refractivity contribution in [2.45, 2.75) is 13.3 Å². The van der Waals surface area contributed by atoms with Gasteiger partial charge in [0.05, 0.1) is 23.8 Å². The topological polar surface area (TPSA) is 103 Å². The molecule has 0 radical (unpaired) electrons. The van der Waals surface area contributed by atoms with Gasteiger partial charge in [-0.3, -0.25) is 10.1 Å². The Hall–Kier alpha value is -2.59. The van der Waals surface area contributed by atoms with Crippen molar-refractivity contribution >= 4 is 45.2 Å². The van der Waals surface area contributed by atoms with E-state index in [-0.39, 0.29) is 5.56 Å². The molecule has 0 bridgehead atoms. The minimum atomic E-state index is -0.736. The van der Waals surface area contributed by atoms with Gasteiger partial charge < -0.3 is 19.5 Å². The van der Waals surface area contributed by atoms with Crippen LogP contribution >= 0.6 is 27.3 Å². The van der Waals surface area contributed by atoms with E-state index >= 15 is 0 Å². The van der Waals surface area contributed by atoms with Crippen LogP contribution in [0.25, 0.3) is 0 Å². The lowest BCUT2D eigenvalue weighted by molar-refractivity contribution is -0.123. The van der Waals surface area contributed by atoms with Gasteiger partial charge in [0.2, 0.25) is 0 Å². The largest absolute Gasteiger partial charge is 0.493 e. The number of hydrogen-bond donors (Lipinski definition) is 2. The smallest absolute Gasteiger partial charge is 0.338 e. The fourth-order valence-electron chi connectivity index (χ4n) is 2.30. The summed E-state index contributed by atoms with van der Waals surface area (Å²) in [6.07, 6.45) is 0.669. The molecule has 3 amide bonds. The summed E-state index contributed by atoms with van der Waals surface area (Å²) in [5.41, 5.74) is 0.172. The van der Waals surface area contributed by atoms with Crippen LogP contribution in [0.4, 0.5) is 4.79 Å². The Balaban J connectivity index is 1.81. The predicted octanol–water partition coefficient (Wildman–Crippen LogP) is 3.14. The van der Waals surface area contributed by atoms with Gasteiger partial charge in [0.15, 0.2) is 18.1 Å². The first-order chi connectivity index (χ1) is 13.9. The molecule has 0 fully saturated rings. The van der Waals surface area contributed by atoms with E-state index in [9.17, 15) is 14.4 Å². The first kappa shape index (κ1) is 22.7. The van der Waals surface area contributed by atoms with Gasteiger partial charge in [0, 0.05) is 11.4 Å². The summed E-state index contributed by atoms with van der Waals surface area (Å²) in [4.78, 5) is 36.9. The first-order valence-electron chi connectivity index (χ1n) is 8.72. The number of amides is 3. The van der Waals surface area contributed by atoms with Crippen LogP contribution in [0.3, 0.4) is 0 Å². The molecule has 0 spiro atoms. The number of rotatable bonds is 9. The number of nitrogens with one attached hydrogen (secondary N) is 2. The van der Waals surface area contributed by atoms with Gasteiger partial charge in [0.1, 0.15) is 0 Å². The molecule has 0 aliphatic heterocycles. The van der Waals surface area contributed by atoms with Crippen LogP contribution in [0, 0.1) is 0 Å². The maximum Gasteiger partial charge on any atom is 0.338 e. The third kappa shape index (κ3) is 7.06. The molecule has 156 valence electrons. The minimum Gasteiger partial charge on any atom is -0.493 e. The molecule has 1 aromatic carbocycles. The number of esters is 1. The molecule has 0 aliphatic rings. The van der Waals surface area contributed by atoms with E-state index in [2.05, 4.69) is 26.6 Å². The normalized spacial score (nSPS) is 10.2. The number of imide groups is 1. The highest BCUT2D eigenvalue weighted by Gasteiger charge is 2.18. The monoisotopic (exact) mass is 484 g/mol. The Morgan fingerprint density at radius 3 is 2.69 bits per heavy atom. The molecule has 0 saturated carbocycles. The van der Waals surface area contributed by atoms with Crippen molar-refractivity contribution in [3.05, 3.63) is 44.6 Å². The van der Waals surface area contributed by atoms with E-state index in [1.807, 2.05) is 24.4 Å². The summed E-state index contributed by atoms with van der Waals surface area (Å²) in [6, 6.07) is 6.20. The van der Waals surface area contributed by atoms with Crippen molar-refractivity contribution in [1.82, 2.24) is 10.6 Å². The summed E-state index contributed by atoms with van der Waals surface area (Å²) in [7, 11) is 1.45. The van der Waals surface area contributed by atoms with Crippen molar-refractivity contribution in [2.24, 2.45) is 0 Å². The van der Waals surface area contributed by atoms with Gasteiger partial charge in [-0.15, -0.1) is 11.3 Å². The molecule has 0 saturated heterocycles. The Morgan fingerprint density at radius 1 is 1.24 bits per heavy atom. The SMILES string of the molecule is CCOc1c(Br)cc(C(=O)OCC(=O)NC(=O)NCCc2cccs2)cc1OC. The van der Waals surface area contributed by atoms with Crippen molar-refractivity contribution in [3.8, 4) is 11.5 Å². The van der Waals surface area contributed by atoms with Gasteiger partial charge in [-0.1, -0.05) is 6.07 Å². The zero-order valence-electron chi connectivity index (χ0n) is 16.0. The van der Waals surface area contributed by atoms with Gasteiger partial charge in [-0.05, 0) is 52.9 Å². The zero-order valence-corrected chi connectivity index (χ0v) is 18.4. The van der Waals surface area contributed by atoms with Gasteiger partial charge in [0.25, 0.3) is 5.91 Å². The molecule has 8 nitrogen and oxygen atoms in total. The predicted molar refractivity (Wildman–Crippen MR) is 112 cm³/mol. The third-order valence-electron chi connectivity index (χ3n) is 3.58. The lowest BCUT2D eigenvalue weighted by Gasteiger charge is -2.13. The molecule has 1 aromatic heterocycles. The van der Waals surface area contributed by atoms with Crippen LogP contribution < -0.4 is 20.1 Å². The van der Waals surface area contributed by atoms with E-state index in [1.54, 1.807) is 11.3 Å². The number of benzene rings is 1. The van der Waals surface area contributed by atoms with Crippen molar-refractivity contribution in [3.63, 3.8) is 0 Å². The van der Waals surface area contributed by atoms with Gasteiger partial charge in [-0.25, -0.2) is 9.59 Å². The molecule has 2 rings (SSSR count). The highest BCUT2D eigenvalue weighted by atomic mass is 79.9. The third-order valence-corrected chi connectivity index (χ3v) is 5.10. The highest BCUT2D eigenvalue weighted by molar-refractivity contribution is 9.10. The van der Waals surface area contributed by atoms with Crippen LogP contribution in [0.15, 0.2) is 34.1 Å². The molecule has 0 unspecified atom stereocenters. The van der Waals surface area contributed by atoms with E-state index < -0.39 is 24.5 Å². The Morgan fingerprint density at radius 2 is 2.03 bits per heavy atom. The van der Waals surface area contributed by atoms with Crippen LogP contribution in [0.1, 0.15) is 22.2 Å². The number of thiophene rings is 1. The fourth-order valence-corrected chi connectivity index (χ4v) is 3.56. The molecule has 0 atom stereocenters. The lowest BCUT2D eigenvalue weighted by Crippen LogP contribution is -2.42. The van der Waals surface area contributed by atoms with Crippen molar-refractivity contribution < 1.29 is 28.6 Å². The van der Waals surface area contributed by atoms with E-state index in [0.717, 1.165) is 4.88 Å². The Kier molecular flexibility index (Phi) is 8.94. The number of carbonyl (C=O) groups excluding carboxylic acids is 3. The maximum absolute atomic E-state index is 12.2. The summed E-state index contributed by atoms with van der Waals surface area (Å²) >= 11 is 4.90. The highest BCUT2D eigenvalue weighted by Crippen LogP contribution is 2.36. The molecule has 10 heteroatoms. The number of urea groups is 1. The summed E-state index contributed by atoms with van der Waals surface area (Å²) < 4.78 is 16.2. The number of halogens is 1. The van der Waals surface area contributed by atoms with E-state index in [1.165, 1.54) is 19.2 Å². The molecular weight excluding hydrogens is 464 g/mol. The lowest BCUT2D eigenvalue weighted by atomic mass is 10.2. The number of carbonyl (C=O) groups is 3. The summed E-state index contributed by atoms with van der Waals surface area (Å²) in [5, 5.41) is 6.63. The van der Waals surface area contributed by atoms with Crippen LogP contribution in [0.5, 0.6) is 11.5 Å². The van der Waals surface area contributed by atoms with Crippen LogP contribution in [0.2, 0.25) is 0 Å². The Labute approximate surface area is 180 Å². The standard InChI is InChI=1S/C19H21BrN2O6S/c1-3-27-17-14(20)9-12(10-15(17)26-2)18(24)28-11-16(23)22-19(25)21-7-6-13-5-4-8-29-13/h4-5,8-10H,3,6-7,11H2,1-2H3,(H2,21,22,23,25). The molecule has 1 heterocycles. The number of methoxy groups -OCH3 is 1. The molecule has 2 N–H and O–H groups in total. The Bertz CT molecular complexity index is 857. The van der Waals surface area contributed by atoms with Gasteiger partial charge in [-0.2, -0.15) is 0 Å². The zero-order chi connectivity index (χ0) is 21.2. The molecular formula is C19H21BrN2O6S. The number of hydrogen-bond acceptors (Lipinski definition) is 7. The van der Waals surface area contributed by atoms with Crippen LogP contribution in [-0.4, -0.2) is 44.8 Å². The quantitative estimate of drug-likeness (QED) is 0.529. The minimum absolute atomic E-state index is 0.172. The summed E-state index contributed by atoms with van der Waals surface area (Å²) in [5.74, 6) is -0.657. The summed E-state index contributed by atoms with van der Waals surface area (Å²) in [6.45, 7) is 2.04. The fraction of sp³-hybridized carbons (Fsp3) is 0.316. The second-order valence-corrected chi connectivity index (χ2v) is 7.52. The average Bonchev–Trinajstić information content (AvgIpc) is 3.21. The van der Waals surface area contributed by atoms with Crippen LogP contribution in [-0.2, 0) is 16.0 Å². The molecule has 2 aromatic rings. The van der Waals surface area contributed by atoms with E-state index in [0.29, 0.717) is 35.5 Å². The maximum atomic E-state index is 12.2. The second-order valence-electron chi connectivity index (χ2n) is 5.63. The number of ether oxygens (including phenoxy) is 3. The molecule has 0 aliphatic carbocycles. The average molecular weight is 485 g/mol.